The van der Waals surface area contributed by atoms with Crippen molar-refractivity contribution >= 4 is 28.3 Å². The molecule has 0 spiro atoms. The molecule has 20 heavy (non-hydrogen) atoms. The third kappa shape index (κ3) is 2.23. The van der Waals surface area contributed by atoms with Gasteiger partial charge in [0.1, 0.15) is 11.3 Å². The minimum atomic E-state index is 0.619. The molecule has 0 radical (unpaired) electrons. The van der Waals surface area contributed by atoms with Gasteiger partial charge in [-0.05, 0) is 30.7 Å². The number of imidazole rings is 1. The summed E-state index contributed by atoms with van der Waals surface area (Å²) in [6.45, 7) is 3.03. The number of nitrogen functional groups attached to an aromatic ring is 1. The molecule has 2 heterocycles. The van der Waals surface area contributed by atoms with Crippen molar-refractivity contribution in [3.8, 4) is 11.4 Å². The van der Waals surface area contributed by atoms with Gasteiger partial charge in [0.05, 0.1) is 11.7 Å². The number of aryl methyl sites for hydroxylation is 1. The van der Waals surface area contributed by atoms with Crippen LogP contribution >= 0.6 is 11.6 Å². The fraction of sp³-hybridized carbons (Fsp3) is 0.200. The Morgan fingerprint density at radius 1 is 1.30 bits per heavy atom. The molecule has 0 saturated carbocycles. The molecule has 3 aromatic rings. The summed E-state index contributed by atoms with van der Waals surface area (Å²) in [5.74, 6) is 0.879. The Bertz CT molecular complexity index is 743. The van der Waals surface area contributed by atoms with E-state index in [1.165, 1.54) is 0 Å². The number of hydrogen-bond donors (Lipinski definition) is 1. The van der Waals surface area contributed by atoms with E-state index in [2.05, 4.69) is 21.5 Å². The number of aromatic nitrogens is 3. The molecule has 0 atom stereocenters. The summed E-state index contributed by atoms with van der Waals surface area (Å²) >= 11 is 6.10. The van der Waals surface area contributed by atoms with Gasteiger partial charge in [0.2, 0.25) is 0 Å². The maximum absolute atomic E-state index is 6.10. The lowest BCUT2D eigenvalue weighted by Gasteiger charge is -2.08. The molecular weight excluding hydrogens is 272 g/mol. The van der Waals surface area contributed by atoms with E-state index in [0.717, 1.165) is 35.4 Å². The van der Waals surface area contributed by atoms with Gasteiger partial charge in [0.25, 0.3) is 0 Å². The Morgan fingerprint density at radius 3 is 2.90 bits per heavy atom. The number of benzene rings is 1. The van der Waals surface area contributed by atoms with Crippen molar-refractivity contribution in [1.29, 1.82) is 0 Å². The Hall–Kier alpha value is -2.07. The molecule has 0 bridgehead atoms. The third-order valence-electron chi connectivity index (χ3n) is 3.18. The third-order valence-corrected chi connectivity index (χ3v) is 3.39. The lowest BCUT2D eigenvalue weighted by atomic mass is 10.2. The predicted octanol–water partition coefficient (Wildman–Crippen LogP) is 3.74. The molecular formula is C15H15ClN4. The zero-order valence-electron chi connectivity index (χ0n) is 11.2. The van der Waals surface area contributed by atoms with E-state index in [4.69, 9.17) is 17.3 Å². The zero-order chi connectivity index (χ0) is 14.1. The highest BCUT2D eigenvalue weighted by molar-refractivity contribution is 6.31. The molecule has 0 saturated heterocycles. The van der Waals surface area contributed by atoms with Gasteiger partial charge in [-0.15, -0.1) is 0 Å². The standard InChI is InChI=1S/C15H15ClN4/c1-2-5-20-14-3-4-18-9-13(14)19-15(20)10-6-11(16)8-12(17)7-10/h3-4,6-9H,2,5,17H2,1H3. The van der Waals surface area contributed by atoms with Crippen LogP contribution in [0, 0.1) is 0 Å². The van der Waals surface area contributed by atoms with E-state index < -0.39 is 0 Å². The lowest BCUT2D eigenvalue weighted by Crippen LogP contribution is -2.00. The van der Waals surface area contributed by atoms with E-state index >= 15 is 0 Å². The maximum atomic E-state index is 6.10. The molecule has 4 nitrogen and oxygen atoms in total. The second kappa shape index (κ2) is 5.13. The largest absolute Gasteiger partial charge is 0.399 e. The van der Waals surface area contributed by atoms with Gasteiger partial charge < -0.3 is 10.3 Å². The Morgan fingerprint density at radius 2 is 2.15 bits per heavy atom. The van der Waals surface area contributed by atoms with Gasteiger partial charge in [0, 0.05) is 29.0 Å². The number of anilines is 1. The van der Waals surface area contributed by atoms with Gasteiger partial charge in [-0.2, -0.15) is 0 Å². The highest BCUT2D eigenvalue weighted by Gasteiger charge is 2.12. The number of pyridine rings is 1. The van der Waals surface area contributed by atoms with Crippen molar-refractivity contribution in [3.63, 3.8) is 0 Å². The second-order valence-corrected chi connectivity index (χ2v) is 5.16. The summed E-state index contributed by atoms with van der Waals surface area (Å²) < 4.78 is 2.18. The number of hydrogen-bond acceptors (Lipinski definition) is 3. The first-order chi connectivity index (χ1) is 9.69. The highest BCUT2D eigenvalue weighted by Crippen LogP contribution is 2.28. The van der Waals surface area contributed by atoms with E-state index in [-0.39, 0.29) is 0 Å². The van der Waals surface area contributed by atoms with Crippen LogP contribution < -0.4 is 5.73 Å². The highest BCUT2D eigenvalue weighted by atomic mass is 35.5. The molecule has 0 unspecified atom stereocenters. The van der Waals surface area contributed by atoms with Crippen molar-refractivity contribution in [2.45, 2.75) is 19.9 Å². The average Bonchev–Trinajstić information content (AvgIpc) is 2.77. The molecule has 0 aliphatic carbocycles. The normalized spacial score (nSPS) is 11.1. The monoisotopic (exact) mass is 286 g/mol. The SMILES string of the molecule is CCCn1c(-c2cc(N)cc(Cl)c2)nc2cnccc21. The first-order valence-corrected chi connectivity index (χ1v) is 6.93. The first-order valence-electron chi connectivity index (χ1n) is 6.55. The van der Waals surface area contributed by atoms with E-state index in [1.807, 2.05) is 18.2 Å². The van der Waals surface area contributed by atoms with Crippen molar-refractivity contribution in [3.05, 3.63) is 41.7 Å². The number of fused-ring (bicyclic) bond motifs is 1. The predicted molar refractivity (Wildman–Crippen MR) is 82.7 cm³/mol. The Labute approximate surface area is 122 Å². The number of nitrogens with two attached hydrogens (primary N) is 1. The smallest absolute Gasteiger partial charge is 0.141 e. The van der Waals surface area contributed by atoms with Crippen molar-refractivity contribution in [1.82, 2.24) is 14.5 Å². The summed E-state index contributed by atoms with van der Waals surface area (Å²) in [5.41, 5.74) is 9.41. The second-order valence-electron chi connectivity index (χ2n) is 4.72. The number of nitrogens with zero attached hydrogens (tertiary/aromatic N) is 3. The molecule has 2 N–H and O–H groups in total. The Kier molecular flexibility index (Phi) is 3.32. The quantitative estimate of drug-likeness (QED) is 0.746. The first kappa shape index (κ1) is 12.9. The van der Waals surface area contributed by atoms with Crippen molar-refractivity contribution in [2.75, 3.05) is 5.73 Å². The van der Waals surface area contributed by atoms with Crippen LogP contribution in [0.1, 0.15) is 13.3 Å². The number of rotatable bonds is 3. The molecule has 102 valence electrons. The molecule has 1 aromatic carbocycles. The number of halogens is 1. The van der Waals surface area contributed by atoms with Crippen molar-refractivity contribution < 1.29 is 0 Å². The topological polar surface area (TPSA) is 56.7 Å². The van der Waals surface area contributed by atoms with Gasteiger partial charge in [0.15, 0.2) is 0 Å². The van der Waals surface area contributed by atoms with Gasteiger partial charge in [-0.3, -0.25) is 4.98 Å². The minimum Gasteiger partial charge on any atom is -0.399 e. The van der Waals surface area contributed by atoms with Gasteiger partial charge >= 0.3 is 0 Å². The van der Waals surface area contributed by atoms with Crippen LogP contribution in [0.3, 0.4) is 0 Å². The summed E-state index contributed by atoms with van der Waals surface area (Å²) in [5, 5.41) is 0.619. The molecule has 0 amide bonds. The van der Waals surface area contributed by atoms with Crippen LogP contribution in [0.2, 0.25) is 5.02 Å². The summed E-state index contributed by atoms with van der Waals surface area (Å²) in [4.78, 5) is 8.80. The molecule has 2 aromatic heterocycles. The fourth-order valence-electron chi connectivity index (χ4n) is 2.39. The molecule has 5 heteroatoms. The van der Waals surface area contributed by atoms with Crippen LogP contribution in [0.5, 0.6) is 0 Å². The van der Waals surface area contributed by atoms with Crippen LogP contribution in [-0.2, 0) is 6.54 Å². The molecule has 3 rings (SSSR count). The fourth-order valence-corrected chi connectivity index (χ4v) is 2.64. The summed E-state index contributed by atoms with van der Waals surface area (Å²) in [7, 11) is 0. The van der Waals surface area contributed by atoms with E-state index in [9.17, 15) is 0 Å². The van der Waals surface area contributed by atoms with Gasteiger partial charge in [-0.25, -0.2) is 4.98 Å². The van der Waals surface area contributed by atoms with Crippen LogP contribution in [-0.4, -0.2) is 14.5 Å². The molecule has 0 aliphatic heterocycles. The van der Waals surface area contributed by atoms with Crippen LogP contribution in [0.4, 0.5) is 5.69 Å². The lowest BCUT2D eigenvalue weighted by molar-refractivity contribution is 0.704. The summed E-state index contributed by atoms with van der Waals surface area (Å²) in [6, 6.07) is 7.50. The Balaban J connectivity index is 2.26. The van der Waals surface area contributed by atoms with Gasteiger partial charge in [-0.1, -0.05) is 18.5 Å². The maximum Gasteiger partial charge on any atom is 0.141 e. The molecule has 0 fully saturated rings. The van der Waals surface area contributed by atoms with Crippen molar-refractivity contribution in [2.24, 2.45) is 0 Å². The average molecular weight is 287 g/mol. The van der Waals surface area contributed by atoms with E-state index in [0.29, 0.717) is 10.7 Å². The van der Waals surface area contributed by atoms with Crippen LogP contribution in [0.25, 0.3) is 22.4 Å². The summed E-state index contributed by atoms with van der Waals surface area (Å²) in [6.07, 6.45) is 4.59. The van der Waals surface area contributed by atoms with E-state index in [1.54, 1.807) is 18.5 Å². The zero-order valence-corrected chi connectivity index (χ0v) is 11.9. The minimum absolute atomic E-state index is 0.619. The molecule has 0 aliphatic rings. The van der Waals surface area contributed by atoms with Crippen LogP contribution in [0.15, 0.2) is 36.7 Å².